The molecule has 1 aromatic rings. The maximum atomic E-state index is 11.9. The van der Waals surface area contributed by atoms with Gasteiger partial charge in [-0.05, 0) is 51.3 Å². The van der Waals surface area contributed by atoms with E-state index in [0.29, 0.717) is 18.0 Å². The minimum atomic E-state index is -0.535. The van der Waals surface area contributed by atoms with Gasteiger partial charge in [0.05, 0.1) is 12.8 Å². The van der Waals surface area contributed by atoms with Crippen LogP contribution in [0.5, 0.6) is 5.75 Å². The molecule has 0 radical (unpaired) electrons. The van der Waals surface area contributed by atoms with E-state index in [1.54, 1.807) is 7.11 Å². The molecule has 0 saturated heterocycles. The number of hydrogen-bond donors (Lipinski definition) is 2. The SMILES string of the molecule is COc1cc(C2(CN)CCC2)ccc1NC(=O)OC(C)(C)C. The summed E-state index contributed by atoms with van der Waals surface area (Å²) >= 11 is 0. The third-order valence-corrected chi connectivity index (χ3v) is 4.15. The molecule has 1 aliphatic carbocycles. The van der Waals surface area contributed by atoms with Crippen molar-refractivity contribution >= 4 is 11.8 Å². The highest BCUT2D eigenvalue weighted by molar-refractivity contribution is 5.87. The van der Waals surface area contributed by atoms with Gasteiger partial charge < -0.3 is 15.2 Å². The van der Waals surface area contributed by atoms with Crippen LogP contribution in [0.25, 0.3) is 0 Å². The molecule has 0 bridgehead atoms. The third kappa shape index (κ3) is 3.53. The Labute approximate surface area is 132 Å². The summed E-state index contributed by atoms with van der Waals surface area (Å²) in [6, 6.07) is 5.84. The largest absolute Gasteiger partial charge is 0.495 e. The van der Waals surface area contributed by atoms with Gasteiger partial charge in [0.15, 0.2) is 0 Å². The summed E-state index contributed by atoms with van der Waals surface area (Å²) in [5.74, 6) is 0.628. The molecule has 1 aliphatic rings. The Hall–Kier alpha value is -1.75. The zero-order chi connectivity index (χ0) is 16.4. The molecule has 122 valence electrons. The highest BCUT2D eigenvalue weighted by Gasteiger charge is 2.37. The minimum absolute atomic E-state index is 0.0672. The second-order valence-electron chi connectivity index (χ2n) is 6.88. The molecule has 3 N–H and O–H groups in total. The van der Waals surface area contributed by atoms with Crippen molar-refractivity contribution in [1.29, 1.82) is 0 Å². The predicted octanol–water partition coefficient (Wildman–Crippen LogP) is 3.42. The number of amides is 1. The first-order valence-electron chi connectivity index (χ1n) is 7.68. The molecule has 0 atom stereocenters. The molecule has 5 heteroatoms. The van der Waals surface area contributed by atoms with Crippen LogP contribution in [0.1, 0.15) is 45.6 Å². The van der Waals surface area contributed by atoms with E-state index >= 15 is 0 Å². The van der Waals surface area contributed by atoms with Crippen molar-refractivity contribution in [2.45, 2.75) is 51.0 Å². The molecule has 5 nitrogen and oxygen atoms in total. The van der Waals surface area contributed by atoms with Crippen molar-refractivity contribution in [1.82, 2.24) is 0 Å². The van der Waals surface area contributed by atoms with E-state index in [1.807, 2.05) is 39.0 Å². The Morgan fingerprint density at radius 3 is 2.50 bits per heavy atom. The van der Waals surface area contributed by atoms with Gasteiger partial charge in [-0.1, -0.05) is 12.5 Å². The smallest absolute Gasteiger partial charge is 0.412 e. The predicted molar refractivity (Wildman–Crippen MR) is 87.4 cm³/mol. The number of benzene rings is 1. The number of nitrogens with one attached hydrogen (secondary N) is 1. The lowest BCUT2D eigenvalue weighted by Gasteiger charge is -2.41. The van der Waals surface area contributed by atoms with Gasteiger partial charge in [-0.25, -0.2) is 4.79 Å². The fourth-order valence-electron chi connectivity index (χ4n) is 2.75. The molecule has 1 aromatic carbocycles. The number of anilines is 1. The fraction of sp³-hybridized carbons (Fsp3) is 0.588. The lowest BCUT2D eigenvalue weighted by Crippen LogP contribution is -2.41. The van der Waals surface area contributed by atoms with E-state index in [2.05, 4.69) is 5.32 Å². The molecule has 0 heterocycles. The normalized spacial score (nSPS) is 16.6. The first kappa shape index (κ1) is 16.6. The monoisotopic (exact) mass is 306 g/mol. The van der Waals surface area contributed by atoms with Crippen LogP contribution >= 0.6 is 0 Å². The molecular weight excluding hydrogens is 280 g/mol. The Morgan fingerprint density at radius 2 is 2.05 bits per heavy atom. The maximum absolute atomic E-state index is 11.9. The van der Waals surface area contributed by atoms with Gasteiger partial charge in [-0.3, -0.25) is 5.32 Å². The number of ether oxygens (including phenoxy) is 2. The summed E-state index contributed by atoms with van der Waals surface area (Å²) in [7, 11) is 1.59. The van der Waals surface area contributed by atoms with E-state index in [1.165, 1.54) is 12.0 Å². The van der Waals surface area contributed by atoms with E-state index in [-0.39, 0.29) is 5.41 Å². The number of nitrogens with two attached hydrogens (primary N) is 1. The van der Waals surface area contributed by atoms with Crippen LogP contribution in [0.4, 0.5) is 10.5 Å². The van der Waals surface area contributed by atoms with Crippen molar-refractivity contribution in [2.24, 2.45) is 5.73 Å². The van der Waals surface area contributed by atoms with Crippen LogP contribution in [-0.4, -0.2) is 25.3 Å². The average molecular weight is 306 g/mol. The average Bonchev–Trinajstić information content (AvgIpc) is 2.37. The number of hydrogen-bond acceptors (Lipinski definition) is 4. The summed E-state index contributed by atoms with van der Waals surface area (Å²) < 4.78 is 10.7. The lowest BCUT2D eigenvalue weighted by atomic mass is 9.64. The van der Waals surface area contributed by atoms with Crippen molar-refractivity contribution in [3.8, 4) is 5.75 Å². The first-order valence-corrected chi connectivity index (χ1v) is 7.68. The highest BCUT2D eigenvalue weighted by Crippen LogP contribution is 2.44. The van der Waals surface area contributed by atoms with Gasteiger partial charge in [0.2, 0.25) is 0 Å². The topological polar surface area (TPSA) is 73.6 Å². The number of rotatable bonds is 4. The van der Waals surface area contributed by atoms with Crippen molar-refractivity contribution < 1.29 is 14.3 Å². The summed E-state index contributed by atoms with van der Waals surface area (Å²) in [5, 5.41) is 2.73. The van der Waals surface area contributed by atoms with Gasteiger partial charge in [0.25, 0.3) is 0 Å². The molecule has 1 amide bonds. The summed E-state index contributed by atoms with van der Waals surface area (Å²) in [6.45, 7) is 6.12. The van der Waals surface area contributed by atoms with Gasteiger partial charge in [0, 0.05) is 12.0 Å². The Bertz CT molecular complexity index is 540. The van der Waals surface area contributed by atoms with E-state index in [9.17, 15) is 4.79 Å². The van der Waals surface area contributed by atoms with Gasteiger partial charge in [-0.2, -0.15) is 0 Å². The molecule has 22 heavy (non-hydrogen) atoms. The summed E-state index contributed by atoms with van der Waals surface area (Å²) in [4.78, 5) is 11.9. The Balaban J connectivity index is 2.18. The summed E-state index contributed by atoms with van der Waals surface area (Å²) in [6.07, 6.45) is 2.92. The van der Waals surface area contributed by atoms with E-state index in [4.69, 9.17) is 15.2 Å². The number of carbonyl (C=O) groups excluding carboxylic acids is 1. The van der Waals surface area contributed by atoms with Crippen molar-refractivity contribution in [2.75, 3.05) is 19.0 Å². The molecule has 0 aliphatic heterocycles. The quantitative estimate of drug-likeness (QED) is 0.894. The molecule has 0 unspecified atom stereocenters. The zero-order valence-corrected chi connectivity index (χ0v) is 13.9. The van der Waals surface area contributed by atoms with Crippen LogP contribution in [-0.2, 0) is 10.2 Å². The lowest BCUT2D eigenvalue weighted by molar-refractivity contribution is 0.0635. The Kier molecular flexibility index (Phi) is 4.66. The Morgan fingerprint density at radius 1 is 1.36 bits per heavy atom. The highest BCUT2D eigenvalue weighted by atomic mass is 16.6. The standard InChI is InChI=1S/C17H26N2O3/c1-16(2,3)22-15(20)19-13-7-6-12(10-14(13)21-4)17(11-18)8-5-9-17/h6-7,10H,5,8-9,11,18H2,1-4H3,(H,19,20). The fourth-order valence-corrected chi connectivity index (χ4v) is 2.75. The molecular formula is C17H26N2O3. The van der Waals surface area contributed by atoms with Crippen molar-refractivity contribution in [3.05, 3.63) is 23.8 Å². The molecule has 0 aromatic heterocycles. The van der Waals surface area contributed by atoms with Gasteiger partial charge in [0.1, 0.15) is 11.4 Å². The third-order valence-electron chi connectivity index (χ3n) is 4.15. The van der Waals surface area contributed by atoms with Crippen LogP contribution < -0.4 is 15.8 Å². The van der Waals surface area contributed by atoms with Crippen LogP contribution in [0.2, 0.25) is 0 Å². The second kappa shape index (κ2) is 6.16. The molecule has 2 rings (SSSR count). The molecule has 1 saturated carbocycles. The number of carbonyl (C=O) groups is 1. The van der Waals surface area contributed by atoms with Crippen molar-refractivity contribution in [3.63, 3.8) is 0 Å². The van der Waals surface area contributed by atoms with Crippen LogP contribution in [0.3, 0.4) is 0 Å². The van der Waals surface area contributed by atoms with Gasteiger partial charge in [-0.15, -0.1) is 0 Å². The zero-order valence-electron chi connectivity index (χ0n) is 13.9. The molecule has 1 fully saturated rings. The minimum Gasteiger partial charge on any atom is -0.495 e. The van der Waals surface area contributed by atoms with Gasteiger partial charge >= 0.3 is 6.09 Å². The first-order chi connectivity index (χ1) is 10.3. The van der Waals surface area contributed by atoms with E-state index in [0.717, 1.165) is 12.8 Å². The van der Waals surface area contributed by atoms with Crippen LogP contribution in [0, 0.1) is 0 Å². The summed E-state index contributed by atoms with van der Waals surface area (Å²) in [5.41, 5.74) is 7.26. The van der Waals surface area contributed by atoms with Crippen LogP contribution in [0.15, 0.2) is 18.2 Å². The second-order valence-corrected chi connectivity index (χ2v) is 6.88. The maximum Gasteiger partial charge on any atom is 0.412 e. The number of methoxy groups -OCH3 is 1. The molecule has 0 spiro atoms. The van der Waals surface area contributed by atoms with E-state index < -0.39 is 11.7 Å².